The van der Waals surface area contributed by atoms with Crippen LogP contribution < -0.4 is 11.1 Å². The van der Waals surface area contributed by atoms with Crippen molar-refractivity contribution in [1.82, 2.24) is 15.5 Å². The molecule has 0 radical (unpaired) electrons. The third-order valence-corrected chi connectivity index (χ3v) is 2.63. The number of carbonyl (C=O) groups excluding carboxylic acids is 1. The minimum Gasteiger partial charge on any atom is -0.349 e. The van der Waals surface area contributed by atoms with Crippen LogP contribution >= 0.6 is 0 Å². The molecule has 1 unspecified atom stereocenters. The predicted octanol–water partition coefficient (Wildman–Crippen LogP) is 1.01. The van der Waals surface area contributed by atoms with Crippen molar-refractivity contribution in [3.8, 4) is 0 Å². The van der Waals surface area contributed by atoms with Crippen LogP contribution in [0.1, 0.15) is 38.4 Å². The van der Waals surface area contributed by atoms with Crippen LogP contribution in [0.5, 0.6) is 0 Å². The predicted molar refractivity (Wildman–Crippen MR) is 67.5 cm³/mol. The quantitative estimate of drug-likeness (QED) is 0.757. The van der Waals surface area contributed by atoms with E-state index in [1.165, 1.54) is 0 Å². The summed E-state index contributed by atoms with van der Waals surface area (Å²) in [5, 5.41) is 6.48. The molecule has 0 saturated carbocycles. The zero-order chi connectivity index (χ0) is 13.5. The smallest absolute Gasteiger partial charge is 0.223 e. The van der Waals surface area contributed by atoms with E-state index in [-0.39, 0.29) is 11.8 Å². The zero-order valence-corrected chi connectivity index (χ0v) is 11.3. The number of hydrogen-bond acceptors (Lipinski definition) is 5. The molecule has 102 valence electrons. The fourth-order valence-electron chi connectivity index (χ4n) is 1.85. The first-order chi connectivity index (χ1) is 8.51. The maximum atomic E-state index is 11.7. The van der Waals surface area contributed by atoms with E-state index in [2.05, 4.69) is 29.3 Å². The summed E-state index contributed by atoms with van der Waals surface area (Å²) in [6.07, 6.45) is 1.41. The first kappa shape index (κ1) is 14.6. The van der Waals surface area contributed by atoms with E-state index in [0.717, 1.165) is 6.42 Å². The Labute approximate surface area is 107 Å². The van der Waals surface area contributed by atoms with Crippen molar-refractivity contribution in [2.75, 3.05) is 6.54 Å². The molecule has 1 rings (SSSR count). The second kappa shape index (κ2) is 7.10. The van der Waals surface area contributed by atoms with Crippen molar-refractivity contribution in [2.24, 2.45) is 17.6 Å². The van der Waals surface area contributed by atoms with Crippen LogP contribution in [0.15, 0.2) is 4.52 Å². The van der Waals surface area contributed by atoms with Crippen LogP contribution in [0.2, 0.25) is 0 Å². The number of rotatable bonds is 7. The molecule has 0 spiro atoms. The average molecular weight is 254 g/mol. The minimum absolute atomic E-state index is 0.0199. The summed E-state index contributed by atoms with van der Waals surface area (Å²) in [5.41, 5.74) is 5.66. The van der Waals surface area contributed by atoms with Crippen molar-refractivity contribution in [2.45, 2.75) is 40.2 Å². The van der Waals surface area contributed by atoms with Gasteiger partial charge in [0.1, 0.15) is 0 Å². The first-order valence-electron chi connectivity index (χ1n) is 6.27. The summed E-state index contributed by atoms with van der Waals surface area (Å²) >= 11 is 0. The zero-order valence-electron chi connectivity index (χ0n) is 11.3. The SMILES string of the molecule is Cc1nc(CNC(=O)CC(CN)CC(C)C)no1. The van der Waals surface area contributed by atoms with Gasteiger partial charge < -0.3 is 15.6 Å². The molecule has 0 aliphatic carbocycles. The summed E-state index contributed by atoms with van der Waals surface area (Å²) in [4.78, 5) is 15.7. The fourth-order valence-corrected chi connectivity index (χ4v) is 1.85. The summed E-state index contributed by atoms with van der Waals surface area (Å²) in [6, 6.07) is 0. The van der Waals surface area contributed by atoms with Crippen LogP contribution in [0.25, 0.3) is 0 Å². The number of nitrogens with two attached hydrogens (primary N) is 1. The van der Waals surface area contributed by atoms with Crippen molar-refractivity contribution < 1.29 is 9.32 Å². The average Bonchev–Trinajstić information content (AvgIpc) is 2.71. The molecule has 0 aliphatic rings. The summed E-state index contributed by atoms with van der Waals surface area (Å²) < 4.78 is 4.82. The van der Waals surface area contributed by atoms with Gasteiger partial charge in [-0.25, -0.2) is 0 Å². The van der Waals surface area contributed by atoms with E-state index in [1.54, 1.807) is 6.92 Å². The number of nitrogens with one attached hydrogen (secondary N) is 1. The van der Waals surface area contributed by atoms with Gasteiger partial charge in [-0.05, 0) is 24.8 Å². The van der Waals surface area contributed by atoms with Crippen molar-refractivity contribution in [3.63, 3.8) is 0 Å². The topological polar surface area (TPSA) is 94.0 Å². The first-order valence-corrected chi connectivity index (χ1v) is 6.27. The van der Waals surface area contributed by atoms with Gasteiger partial charge in [0.15, 0.2) is 5.82 Å². The Morgan fingerprint density at radius 3 is 2.72 bits per heavy atom. The molecule has 1 heterocycles. The normalized spacial score (nSPS) is 12.7. The van der Waals surface area contributed by atoms with E-state index >= 15 is 0 Å². The van der Waals surface area contributed by atoms with Crippen molar-refractivity contribution in [1.29, 1.82) is 0 Å². The van der Waals surface area contributed by atoms with Crippen molar-refractivity contribution in [3.05, 3.63) is 11.7 Å². The highest BCUT2D eigenvalue weighted by atomic mass is 16.5. The van der Waals surface area contributed by atoms with Gasteiger partial charge in [0.25, 0.3) is 0 Å². The molecule has 6 nitrogen and oxygen atoms in total. The minimum atomic E-state index is -0.0199. The number of carbonyl (C=O) groups is 1. The number of amides is 1. The summed E-state index contributed by atoms with van der Waals surface area (Å²) in [5.74, 6) is 1.75. The molecule has 18 heavy (non-hydrogen) atoms. The van der Waals surface area contributed by atoms with Gasteiger partial charge in [0, 0.05) is 13.3 Å². The second-order valence-corrected chi connectivity index (χ2v) is 4.94. The molecule has 0 saturated heterocycles. The Kier molecular flexibility index (Phi) is 5.77. The molecular weight excluding hydrogens is 232 g/mol. The summed E-state index contributed by atoms with van der Waals surface area (Å²) in [6.45, 7) is 6.80. The Morgan fingerprint density at radius 2 is 2.22 bits per heavy atom. The molecule has 1 aromatic rings. The Morgan fingerprint density at radius 1 is 1.50 bits per heavy atom. The Bertz CT molecular complexity index is 376. The molecule has 1 amide bonds. The number of aryl methyl sites for hydroxylation is 1. The molecule has 1 atom stereocenters. The Balaban J connectivity index is 2.32. The molecule has 0 bridgehead atoms. The van der Waals surface area contributed by atoms with Gasteiger partial charge >= 0.3 is 0 Å². The molecule has 0 aliphatic heterocycles. The van der Waals surface area contributed by atoms with Gasteiger partial charge in [0.2, 0.25) is 11.8 Å². The molecule has 6 heteroatoms. The largest absolute Gasteiger partial charge is 0.349 e. The van der Waals surface area contributed by atoms with E-state index in [1.807, 2.05) is 0 Å². The molecule has 3 N–H and O–H groups in total. The maximum absolute atomic E-state index is 11.7. The number of aromatic nitrogens is 2. The molecule has 0 fully saturated rings. The lowest BCUT2D eigenvalue weighted by atomic mass is 9.94. The van der Waals surface area contributed by atoms with E-state index in [9.17, 15) is 4.79 Å². The van der Waals surface area contributed by atoms with Crippen molar-refractivity contribution >= 4 is 5.91 Å². The molecule has 1 aromatic heterocycles. The van der Waals surface area contributed by atoms with Crippen LogP contribution in [0, 0.1) is 18.8 Å². The monoisotopic (exact) mass is 254 g/mol. The van der Waals surface area contributed by atoms with Gasteiger partial charge in [-0.2, -0.15) is 4.98 Å². The second-order valence-electron chi connectivity index (χ2n) is 4.94. The third-order valence-electron chi connectivity index (χ3n) is 2.63. The standard InChI is InChI=1S/C12H22N4O2/c1-8(2)4-10(6-13)5-12(17)14-7-11-15-9(3)18-16-11/h8,10H,4-7,13H2,1-3H3,(H,14,17). The number of hydrogen-bond donors (Lipinski definition) is 2. The van der Waals surface area contributed by atoms with Crippen LogP contribution in [0.4, 0.5) is 0 Å². The van der Waals surface area contributed by atoms with Gasteiger partial charge in [-0.1, -0.05) is 19.0 Å². The van der Waals surface area contributed by atoms with Crippen LogP contribution in [0.3, 0.4) is 0 Å². The third kappa shape index (κ3) is 5.27. The molecular formula is C12H22N4O2. The number of nitrogens with zero attached hydrogens (tertiary/aromatic N) is 2. The van der Waals surface area contributed by atoms with Crippen LogP contribution in [-0.2, 0) is 11.3 Å². The highest BCUT2D eigenvalue weighted by Gasteiger charge is 2.14. The lowest BCUT2D eigenvalue weighted by molar-refractivity contribution is -0.122. The highest BCUT2D eigenvalue weighted by Crippen LogP contribution is 2.13. The lowest BCUT2D eigenvalue weighted by Gasteiger charge is -2.16. The Hall–Kier alpha value is -1.43. The van der Waals surface area contributed by atoms with Gasteiger partial charge in [-0.3, -0.25) is 4.79 Å². The molecule has 0 aromatic carbocycles. The van der Waals surface area contributed by atoms with Gasteiger partial charge in [-0.15, -0.1) is 0 Å². The van der Waals surface area contributed by atoms with E-state index < -0.39 is 0 Å². The highest BCUT2D eigenvalue weighted by molar-refractivity contribution is 5.76. The van der Waals surface area contributed by atoms with Gasteiger partial charge in [0.05, 0.1) is 6.54 Å². The lowest BCUT2D eigenvalue weighted by Crippen LogP contribution is -2.28. The van der Waals surface area contributed by atoms with E-state index in [4.69, 9.17) is 10.3 Å². The van der Waals surface area contributed by atoms with Crippen LogP contribution in [-0.4, -0.2) is 22.6 Å². The van der Waals surface area contributed by atoms with E-state index in [0.29, 0.717) is 37.1 Å². The fraction of sp³-hybridized carbons (Fsp3) is 0.750. The maximum Gasteiger partial charge on any atom is 0.223 e. The summed E-state index contributed by atoms with van der Waals surface area (Å²) in [7, 11) is 0.